The Morgan fingerprint density at radius 3 is 1.75 bits per heavy atom. The maximum atomic E-state index is 10.7. The zero-order chi connectivity index (χ0) is 9.56. The van der Waals surface area contributed by atoms with Crippen LogP contribution in [0.4, 0.5) is 0 Å². The number of hydrogen-bond acceptors (Lipinski definition) is 3. The molecule has 0 aromatic heterocycles. The van der Waals surface area contributed by atoms with E-state index in [2.05, 4.69) is 13.2 Å². The van der Waals surface area contributed by atoms with Gasteiger partial charge in [0, 0.05) is 12.8 Å². The van der Waals surface area contributed by atoms with Crippen molar-refractivity contribution < 1.29 is 14.7 Å². The van der Waals surface area contributed by atoms with E-state index in [9.17, 15) is 9.59 Å². The van der Waals surface area contributed by atoms with Crippen molar-refractivity contribution >= 4 is 11.6 Å². The highest BCUT2D eigenvalue weighted by Crippen LogP contribution is 2.00. The van der Waals surface area contributed by atoms with Crippen molar-refractivity contribution in [2.75, 3.05) is 0 Å². The summed E-state index contributed by atoms with van der Waals surface area (Å²) in [6.07, 6.45) is 1.23. The highest BCUT2D eigenvalue weighted by Gasteiger charge is 2.10. The smallest absolute Gasteiger partial charge is 0.157 e. The van der Waals surface area contributed by atoms with Gasteiger partial charge in [-0.05, 0) is 12.2 Å². The Balaban J connectivity index is 3.80. The van der Waals surface area contributed by atoms with E-state index >= 15 is 0 Å². The average Bonchev–Trinajstić information content (AvgIpc) is 2.03. The maximum absolute atomic E-state index is 10.7. The van der Waals surface area contributed by atoms with Crippen LogP contribution in [-0.4, -0.2) is 22.8 Å². The highest BCUT2D eigenvalue weighted by atomic mass is 16.3. The van der Waals surface area contributed by atoms with Gasteiger partial charge in [-0.1, -0.05) is 13.2 Å². The minimum absolute atomic E-state index is 0.0525. The van der Waals surface area contributed by atoms with Crippen molar-refractivity contribution in [3.05, 3.63) is 25.3 Å². The first kappa shape index (κ1) is 10.8. The summed E-state index contributed by atoms with van der Waals surface area (Å²) in [4.78, 5) is 21.4. The van der Waals surface area contributed by atoms with Gasteiger partial charge < -0.3 is 5.11 Å². The lowest BCUT2D eigenvalue weighted by Crippen LogP contribution is -2.15. The van der Waals surface area contributed by atoms with Crippen molar-refractivity contribution in [3.8, 4) is 0 Å². The molecule has 0 saturated carbocycles. The van der Waals surface area contributed by atoms with Crippen LogP contribution < -0.4 is 0 Å². The second-order valence-corrected chi connectivity index (χ2v) is 2.40. The van der Waals surface area contributed by atoms with Crippen LogP contribution >= 0.6 is 0 Å². The molecule has 0 unspecified atom stereocenters. The molecular weight excluding hydrogens is 156 g/mol. The maximum Gasteiger partial charge on any atom is 0.157 e. The van der Waals surface area contributed by atoms with E-state index in [0.717, 1.165) is 12.2 Å². The standard InChI is InChI=1S/C9H12O3/c1-3-7(10)5-9(12)6-8(11)4-2/h3-4,9,12H,1-2,5-6H2. The molecule has 0 saturated heterocycles. The molecule has 12 heavy (non-hydrogen) atoms. The molecule has 0 spiro atoms. The third kappa shape index (κ3) is 4.57. The summed E-state index contributed by atoms with van der Waals surface area (Å²) < 4.78 is 0. The number of aliphatic hydroxyl groups excluding tert-OH is 1. The van der Waals surface area contributed by atoms with Crippen LogP contribution in [0.1, 0.15) is 12.8 Å². The summed E-state index contributed by atoms with van der Waals surface area (Å²) in [7, 11) is 0. The van der Waals surface area contributed by atoms with Gasteiger partial charge in [0.2, 0.25) is 0 Å². The number of carbonyl (C=O) groups is 2. The summed E-state index contributed by atoms with van der Waals surface area (Å²) in [6.45, 7) is 6.49. The minimum Gasteiger partial charge on any atom is -0.392 e. The van der Waals surface area contributed by atoms with Gasteiger partial charge in [-0.3, -0.25) is 9.59 Å². The number of hydrogen-bond donors (Lipinski definition) is 1. The van der Waals surface area contributed by atoms with E-state index in [1.165, 1.54) is 0 Å². The summed E-state index contributed by atoms with van der Waals surface area (Å²) in [5.41, 5.74) is 0. The number of carbonyl (C=O) groups excluding carboxylic acids is 2. The summed E-state index contributed by atoms with van der Waals surface area (Å²) in [5, 5.41) is 9.12. The second-order valence-electron chi connectivity index (χ2n) is 2.40. The Morgan fingerprint density at radius 2 is 1.50 bits per heavy atom. The summed E-state index contributed by atoms with van der Waals surface area (Å²) in [5.74, 6) is -0.529. The zero-order valence-corrected chi connectivity index (χ0v) is 6.82. The molecule has 0 atom stereocenters. The first-order valence-corrected chi connectivity index (χ1v) is 3.58. The van der Waals surface area contributed by atoms with Crippen LogP contribution in [-0.2, 0) is 9.59 Å². The van der Waals surface area contributed by atoms with Crippen molar-refractivity contribution in [3.63, 3.8) is 0 Å². The Kier molecular flexibility index (Phi) is 4.88. The molecule has 0 aromatic rings. The van der Waals surface area contributed by atoms with Gasteiger partial charge >= 0.3 is 0 Å². The molecule has 3 nitrogen and oxygen atoms in total. The van der Waals surface area contributed by atoms with E-state index in [-0.39, 0.29) is 24.4 Å². The van der Waals surface area contributed by atoms with Gasteiger partial charge in [0.1, 0.15) is 0 Å². The van der Waals surface area contributed by atoms with Crippen LogP contribution in [0, 0.1) is 0 Å². The predicted octanol–water partition coefficient (Wildman–Crippen LogP) is 0.638. The highest BCUT2D eigenvalue weighted by molar-refractivity contribution is 5.92. The van der Waals surface area contributed by atoms with E-state index in [1.54, 1.807) is 0 Å². The fourth-order valence-corrected chi connectivity index (χ4v) is 0.703. The van der Waals surface area contributed by atoms with Gasteiger partial charge in [0.25, 0.3) is 0 Å². The van der Waals surface area contributed by atoms with Crippen LogP contribution in [0.2, 0.25) is 0 Å². The van der Waals surface area contributed by atoms with E-state index < -0.39 is 6.10 Å². The first-order valence-electron chi connectivity index (χ1n) is 3.58. The molecule has 0 bridgehead atoms. The zero-order valence-electron chi connectivity index (χ0n) is 6.82. The second kappa shape index (κ2) is 5.43. The van der Waals surface area contributed by atoms with Crippen molar-refractivity contribution in [1.82, 2.24) is 0 Å². The molecule has 0 rings (SSSR count). The predicted molar refractivity (Wildman–Crippen MR) is 45.6 cm³/mol. The monoisotopic (exact) mass is 168 g/mol. The number of ketones is 2. The molecule has 0 aromatic carbocycles. The Morgan fingerprint density at radius 1 is 1.17 bits per heavy atom. The van der Waals surface area contributed by atoms with Gasteiger partial charge in [0.05, 0.1) is 6.10 Å². The molecule has 1 N–H and O–H groups in total. The first-order chi connectivity index (χ1) is 5.60. The third-order valence-corrected chi connectivity index (χ3v) is 1.33. The van der Waals surface area contributed by atoms with Crippen LogP contribution in [0.3, 0.4) is 0 Å². The fraction of sp³-hybridized carbons (Fsp3) is 0.333. The third-order valence-electron chi connectivity index (χ3n) is 1.33. The SMILES string of the molecule is C=CC(=O)CC(O)CC(=O)C=C. The molecule has 0 radical (unpaired) electrons. The molecule has 0 amide bonds. The van der Waals surface area contributed by atoms with Crippen molar-refractivity contribution in [1.29, 1.82) is 0 Å². The summed E-state index contributed by atoms with van der Waals surface area (Å²) in [6, 6.07) is 0. The Bertz CT molecular complexity index is 184. The van der Waals surface area contributed by atoms with Crippen molar-refractivity contribution in [2.24, 2.45) is 0 Å². The molecule has 0 aliphatic heterocycles. The van der Waals surface area contributed by atoms with Crippen LogP contribution in [0.15, 0.2) is 25.3 Å². The van der Waals surface area contributed by atoms with E-state index in [0.29, 0.717) is 0 Å². The number of rotatable bonds is 6. The molecule has 66 valence electrons. The lowest BCUT2D eigenvalue weighted by Gasteiger charge is -2.04. The minimum atomic E-state index is -0.916. The molecule has 0 fully saturated rings. The van der Waals surface area contributed by atoms with Crippen molar-refractivity contribution in [2.45, 2.75) is 18.9 Å². The largest absolute Gasteiger partial charge is 0.392 e. The quantitative estimate of drug-likeness (QED) is 0.592. The van der Waals surface area contributed by atoms with Gasteiger partial charge in [0.15, 0.2) is 11.6 Å². The molecule has 3 heteroatoms. The summed E-state index contributed by atoms with van der Waals surface area (Å²) >= 11 is 0. The number of aliphatic hydroxyl groups is 1. The van der Waals surface area contributed by atoms with Gasteiger partial charge in [-0.15, -0.1) is 0 Å². The topological polar surface area (TPSA) is 54.4 Å². The van der Waals surface area contributed by atoms with Gasteiger partial charge in [-0.2, -0.15) is 0 Å². The van der Waals surface area contributed by atoms with Crippen LogP contribution in [0.5, 0.6) is 0 Å². The fourth-order valence-electron chi connectivity index (χ4n) is 0.703. The Hall–Kier alpha value is -1.22. The van der Waals surface area contributed by atoms with E-state index in [4.69, 9.17) is 5.11 Å². The average molecular weight is 168 g/mol. The Labute approximate surface area is 71.4 Å². The lowest BCUT2D eigenvalue weighted by atomic mass is 10.1. The van der Waals surface area contributed by atoms with Gasteiger partial charge in [-0.25, -0.2) is 0 Å². The molecular formula is C9H12O3. The normalized spacial score (nSPS) is 9.50. The molecule has 0 heterocycles. The number of allylic oxidation sites excluding steroid dienone is 2. The molecule has 0 aliphatic carbocycles. The van der Waals surface area contributed by atoms with Crippen LogP contribution in [0.25, 0.3) is 0 Å². The molecule has 0 aliphatic rings. The van der Waals surface area contributed by atoms with E-state index in [1.807, 2.05) is 0 Å². The lowest BCUT2D eigenvalue weighted by molar-refractivity contribution is -0.118.